The van der Waals surface area contributed by atoms with Gasteiger partial charge in [-0.05, 0) is 58.0 Å². The van der Waals surface area contributed by atoms with Crippen LogP contribution in [0.3, 0.4) is 0 Å². The van der Waals surface area contributed by atoms with E-state index in [4.69, 9.17) is 4.74 Å². The molecule has 0 aromatic rings. The van der Waals surface area contributed by atoms with Gasteiger partial charge in [-0.15, -0.1) is 12.4 Å². The lowest BCUT2D eigenvalue weighted by molar-refractivity contribution is -0.122. The predicted octanol–water partition coefficient (Wildman–Crippen LogP) is 1.87. The Labute approximate surface area is 122 Å². The van der Waals surface area contributed by atoms with Crippen molar-refractivity contribution in [3.05, 3.63) is 0 Å². The summed E-state index contributed by atoms with van der Waals surface area (Å²) < 4.78 is 5.53. The van der Waals surface area contributed by atoms with Crippen molar-refractivity contribution in [1.82, 2.24) is 10.6 Å². The smallest absolute Gasteiger partial charge is 0.220 e. The normalized spacial score (nSPS) is 28.5. The van der Waals surface area contributed by atoms with Crippen LogP contribution >= 0.6 is 12.4 Å². The summed E-state index contributed by atoms with van der Waals surface area (Å²) in [4.78, 5) is 11.9. The molecule has 2 aliphatic heterocycles. The van der Waals surface area contributed by atoms with Crippen LogP contribution in [0.1, 0.15) is 45.4 Å². The summed E-state index contributed by atoms with van der Waals surface area (Å²) in [6, 6.07) is 0.287. The predicted molar refractivity (Wildman–Crippen MR) is 78.7 cm³/mol. The number of piperidine rings is 1. The molecule has 0 saturated carbocycles. The zero-order chi connectivity index (χ0) is 12.8. The number of halogens is 1. The molecule has 4 nitrogen and oxygen atoms in total. The SMILES string of the molecule is CC(NC(=O)CCC1CCCO1)C1CCCNC1.Cl. The fourth-order valence-corrected chi connectivity index (χ4v) is 2.91. The highest BCUT2D eigenvalue weighted by atomic mass is 35.5. The van der Waals surface area contributed by atoms with Crippen molar-refractivity contribution in [2.24, 2.45) is 5.92 Å². The Balaban J connectivity index is 0.00000180. The first kappa shape index (κ1) is 16.7. The van der Waals surface area contributed by atoms with Gasteiger partial charge in [0, 0.05) is 19.1 Å². The number of amides is 1. The molecular weight excluding hydrogens is 264 g/mol. The first-order valence-electron chi connectivity index (χ1n) is 7.37. The fraction of sp³-hybridized carbons (Fsp3) is 0.929. The lowest BCUT2D eigenvalue weighted by Crippen LogP contribution is -2.44. The van der Waals surface area contributed by atoms with Gasteiger partial charge >= 0.3 is 0 Å². The highest BCUT2D eigenvalue weighted by Crippen LogP contribution is 2.17. The molecule has 0 bridgehead atoms. The van der Waals surface area contributed by atoms with Crippen LogP contribution in [0.25, 0.3) is 0 Å². The van der Waals surface area contributed by atoms with Gasteiger partial charge in [0.2, 0.25) is 5.91 Å². The Kier molecular flexibility index (Phi) is 7.73. The number of hydrogen-bond acceptors (Lipinski definition) is 3. The van der Waals surface area contributed by atoms with E-state index in [2.05, 4.69) is 17.6 Å². The molecule has 112 valence electrons. The molecule has 0 aromatic carbocycles. The summed E-state index contributed by atoms with van der Waals surface area (Å²) in [5.74, 6) is 0.772. The largest absolute Gasteiger partial charge is 0.378 e. The quantitative estimate of drug-likeness (QED) is 0.813. The summed E-state index contributed by atoms with van der Waals surface area (Å²) in [6.07, 6.45) is 6.52. The van der Waals surface area contributed by atoms with Crippen molar-refractivity contribution in [2.45, 2.75) is 57.6 Å². The third kappa shape index (κ3) is 5.67. The maximum atomic E-state index is 11.9. The molecule has 2 N–H and O–H groups in total. The van der Waals surface area contributed by atoms with Crippen LogP contribution in [0.2, 0.25) is 0 Å². The fourth-order valence-electron chi connectivity index (χ4n) is 2.91. The number of nitrogens with one attached hydrogen (secondary N) is 2. The second kappa shape index (κ2) is 8.77. The number of carbonyl (C=O) groups excluding carboxylic acids is 1. The van der Waals surface area contributed by atoms with Gasteiger partial charge in [-0.25, -0.2) is 0 Å². The average molecular weight is 291 g/mol. The molecule has 3 unspecified atom stereocenters. The molecule has 1 amide bonds. The van der Waals surface area contributed by atoms with Crippen LogP contribution in [0, 0.1) is 5.92 Å². The molecule has 2 fully saturated rings. The van der Waals surface area contributed by atoms with E-state index in [-0.39, 0.29) is 24.4 Å². The summed E-state index contributed by atoms with van der Waals surface area (Å²) in [7, 11) is 0. The third-order valence-corrected chi connectivity index (χ3v) is 4.15. The van der Waals surface area contributed by atoms with Crippen LogP contribution in [0.5, 0.6) is 0 Å². The van der Waals surface area contributed by atoms with Crippen molar-refractivity contribution in [3.63, 3.8) is 0 Å². The summed E-state index contributed by atoms with van der Waals surface area (Å²) in [5, 5.41) is 6.53. The Morgan fingerprint density at radius 2 is 2.26 bits per heavy atom. The minimum atomic E-state index is 0. The topological polar surface area (TPSA) is 50.4 Å². The minimum Gasteiger partial charge on any atom is -0.378 e. The zero-order valence-electron chi connectivity index (χ0n) is 11.8. The van der Waals surface area contributed by atoms with Crippen LogP contribution in [0.4, 0.5) is 0 Å². The van der Waals surface area contributed by atoms with Crippen LogP contribution in [-0.4, -0.2) is 37.7 Å². The Morgan fingerprint density at radius 1 is 1.42 bits per heavy atom. The molecular formula is C14H27ClN2O2. The molecule has 2 saturated heterocycles. The van der Waals surface area contributed by atoms with Crippen LogP contribution in [-0.2, 0) is 9.53 Å². The van der Waals surface area contributed by atoms with E-state index in [0.717, 1.165) is 39.0 Å². The first-order chi connectivity index (χ1) is 8.75. The van der Waals surface area contributed by atoms with Gasteiger partial charge in [0.15, 0.2) is 0 Å². The van der Waals surface area contributed by atoms with Gasteiger partial charge < -0.3 is 15.4 Å². The highest BCUT2D eigenvalue weighted by Gasteiger charge is 2.22. The monoisotopic (exact) mass is 290 g/mol. The maximum Gasteiger partial charge on any atom is 0.220 e. The third-order valence-electron chi connectivity index (χ3n) is 4.15. The summed E-state index contributed by atoms with van der Waals surface area (Å²) in [6.45, 7) is 5.15. The van der Waals surface area contributed by atoms with Gasteiger partial charge in [-0.1, -0.05) is 0 Å². The Morgan fingerprint density at radius 3 is 2.89 bits per heavy atom. The van der Waals surface area contributed by atoms with Crippen LogP contribution in [0.15, 0.2) is 0 Å². The minimum absolute atomic E-state index is 0. The number of rotatable bonds is 5. The van der Waals surface area contributed by atoms with E-state index in [1.165, 1.54) is 12.8 Å². The van der Waals surface area contributed by atoms with E-state index in [1.807, 2.05) is 0 Å². The van der Waals surface area contributed by atoms with Crippen molar-refractivity contribution < 1.29 is 9.53 Å². The van der Waals surface area contributed by atoms with E-state index in [1.54, 1.807) is 0 Å². The molecule has 0 radical (unpaired) electrons. The molecule has 2 heterocycles. The van der Waals surface area contributed by atoms with Gasteiger partial charge in [0.25, 0.3) is 0 Å². The van der Waals surface area contributed by atoms with E-state index >= 15 is 0 Å². The Hall–Kier alpha value is -0.320. The van der Waals surface area contributed by atoms with Crippen molar-refractivity contribution >= 4 is 18.3 Å². The van der Waals surface area contributed by atoms with Gasteiger partial charge in [0.1, 0.15) is 0 Å². The van der Waals surface area contributed by atoms with Gasteiger partial charge in [0.05, 0.1) is 6.10 Å². The Bertz CT molecular complexity index is 264. The second-order valence-corrected chi connectivity index (χ2v) is 5.64. The van der Waals surface area contributed by atoms with E-state index in [9.17, 15) is 4.79 Å². The highest BCUT2D eigenvalue weighted by molar-refractivity contribution is 5.85. The first-order valence-corrected chi connectivity index (χ1v) is 7.37. The molecule has 0 aromatic heterocycles. The summed E-state index contributed by atoms with van der Waals surface area (Å²) in [5.41, 5.74) is 0. The van der Waals surface area contributed by atoms with Crippen molar-refractivity contribution in [1.29, 1.82) is 0 Å². The van der Waals surface area contributed by atoms with Gasteiger partial charge in [-0.3, -0.25) is 4.79 Å². The molecule has 2 aliphatic rings. The van der Waals surface area contributed by atoms with Gasteiger partial charge in [-0.2, -0.15) is 0 Å². The maximum absolute atomic E-state index is 11.9. The molecule has 0 aliphatic carbocycles. The lowest BCUT2D eigenvalue weighted by Gasteiger charge is -2.29. The molecule has 19 heavy (non-hydrogen) atoms. The summed E-state index contributed by atoms with van der Waals surface area (Å²) >= 11 is 0. The number of carbonyl (C=O) groups is 1. The van der Waals surface area contributed by atoms with Crippen molar-refractivity contribution in [3.8, 4) is 0 Å². The number of hydrogen-bond donors (Lipinski definition) is 2. The molecule has 0 spiro atoms. The molecule has 5 heteroatoms. The van der Waals surface area contributed by atoms with E-state index in [0.29, 0.717) is 18.4 Å². The molecule has 2 rings (SSSR count). The molecule has 3 atom stereocenters. The van der Waals surface area contributed by atoms with E-state index < -0.39 is 0 Å². The average Bonchev–Trinajstić information content (AvgIpc) is 2.90. The second-order valence-electron chi connectivity index (χ2n) is 5.64. The lowest BCUT2D eigenvalue weighted by atomic mass is 9.92. The number of ether oxygens (including phenoxy) is 1. The van der Waals surface area contributed by atoms with Crippen LogP contribution < -0.4 is 10.6 Å². The zero-order valence-corrected chi connectivity index (χ0v) is 12.6. The standard InChI is InChI=1S/C14H26N2O2.ClH/c1-11(12-4-2-8-15-10-12)16-14(17)7-6-13-5-3-9-18-13;/h11-13,15H,2-10H2,1H3,(H,16,17);1H. The van der Waals surface area contributed by atoms with Crippen molar-refractivity contribution in [2.75, 3.05) is 19.7 Å².